The van der Waals surface area contributed by atoms with Crippen LogP contribution in [0.5, 0.6) is 0 Å². The monoisotopic (exact) mass is 452 g/mol. The molecule has 0 radical (unpaired) electrons. The number of hydrogen-bond donors (Lipinski definition) is 0. The number of alkyl halides is 3. The summed E-state index contributed by atoms with van der Waals surface area (Å²) in [6, 6.07) is 8.51. The van der Waals surface area contributed by atoms with Crippen LogP contribution in [-0.2, 0) is 11.2 Å². The van der Waals surface area contributed by atoms with E-state index in [0.29, 0.717) is 13.0 Å². The van der Waals surface area contributed by atoms with Gasteiger partial charge in [0, 0.05) is 31.7 Å². The molecule has 1 aromatic heterocycles. The van der Waals surface area contributed by atoms with Crippen LogP contribution in [0.25, 0.3) is 0 Å². The fourth-order valence-corrected chi connectivity index (χ4v) is 3.88. The zero-order valence-electron chi connectivity index (χ0n) is 17.6. The number of anilines is 2. The standard InChI is InChI=1S/C21H23F3N4O2S/c1-20(2)18(29)28(15-5-7-16(8-6-15)31-21(22,23)24)19(30)27(20)12-10-14-9-11-25-17(13-14)26(3)4/h5-9,11,13H,10,12H2,1-4H3. The van der Waals surface area contributed by atoms with Crippen molar-refractivity contribution in [3.05, 3.63) is 48.2 Å². The molecule has 10 heteroatoms. The van der Waals surface area contributed by atoms with E-state index in [4.69, 9.17) is 0 Å². The first-order valence-corrected chi connectivity index (χ1v) is 10.4. The summed E-state index contributed by atoms with van der Waals surface area (Å²) in [7, 11) is 3.77. The topological polar surface area (TPSA) is 56.8 Å². The molecule has 0 unspecified atom stereocenters. The van der Waals surface area contributed by atoms with E-state index in [1.807, 2.05) is 31.1 Å². The maximum Gasteiger partial charge on any atom is 0.446 e. The van der Waals surface area contributed by atoms with Crippen LogP contribution in [0.1, 0.15) is 19.4 Å². The fourth-order valence-electron chi connectivity index (χ4n) is 3.34. The number of carbonyl (C=O) groups excluding carboxylic acids is 2. The normalized spacial score (nSPS) is 16.2. The van der Waals surface area contributed by atoms with Gasteiger partial charge in [0.05, 0.1) is 5.69 Å². The van der Waals surface area contributed by atoms with Crippen LogP contribution in [0.4, 0.5) is 29.5 Å². The number of hydrogen-bond acceptors (Lipinski definition) is 5. The number of imide groups is 1. The minimum atomic E-state index is -4.40. The molecule has 6 nitrogen and oxygen atoms in total. The molecule has 1 aromatic carbocycles. The lowest BCUT2D eigenvalue weighted by Crippen LogP contribution is -2.45. The molecular weight excluding hydrogens is 429 g/mol. The Kier molecular flexibility index (Phi) is 6.22. The number of urea groups is 1. The van der Waals surface area contributed by atoms with Crippen molar-refractivity contribution in [2.24, 2.45) is 0 Å². The second-order valence-corrected chi connectivity index (χ2v) is 8.98. The summed E-state index contributed by atoms with van der Waals surface area (Å²) in [6.07, 6.45) is 2.22. The van der Waals surface area contributed by atoms with Crippen LogP contribution >= 0.6 is 11.8 Å². The molecule has 2 heterocycles. The van der Waals surface area contributed by atoms with Crippen LogP contribution < -0.4 is 9.80 Å². The minimum Gasteiger partial charge on any atom is -0.363 e. The van der Waals surface area contributed by atoms with Gasteiger partial charge in [0.15, 0.2) is 0 Å². The largest absolute Gasteiger partial charge is 0.446 e. The molecule has 1 aliphatic rings. The molecule has 1 aliphatic heterocycles. The summed E-state index contributed by atoms with van der Waals surface area (Å²) < 4.78 is 37.6. The van der Waals surface area contributed by atoms with Crippen LogP contribution in [0.15, 0.2) is 47.5 Å². The zero-order valence-corrected chi connectivity index (χ0v) is 18.4. The molecule has 0 N–H and O–H groups in total. The van der Waals surface area contributed by atoms with Crippen molar-refractivity contribution in [3.8, 4) is 0 Å². The van der Waals surface area contributed by atoms with Crippen LogP contribution in [0.3, 0.4) is 0 Å². The number of benzene rings is 1. The number of carbonyl (C=O) groups is 2. The molecule has 0 atom stereocenters. The average molecular weight is 453 g/mol. The number of amides is 3. The Bertz CT molecular complexity index is 977. The number of thioether (sulfide) groups is 1. The molecule has 3 rings (SSSR count). The summed E-state index contributed by atoms with van der Waals surface area (Å²) in [6.45, 7) is 3.64. The minimum absolute atomic E-state index is 0.0131. The Morgan fingerprint density at radius 2 is 1.74 bits per heavy atom. The van der Waals surface area contributed by atoms with E-state index in [2.05, 4.69) is 4.98 Å². The van der Waals surface area contributed by atoms with Crippen molar-refractivity contribution in [1.82, 2.24) is 9.88 Å². The van der Waals surface area contributed by atoms with E-state index >= 15 is 0 Å². The summed E-state index contributed by atoms with van der Waals surface area (Å²) in [5, 5.41) is 0. The zero-order chi connectivity index (χ0) is 23.0. The Morgan fingerprint density at radius 3 is 2.32 bits per heavy atom. The highest BCUT2D eigenvalue weighted by atomic mass is 32.2. The highest BCUT2D eigenvalue weighted by Crippen LogP contribution is 2.38. The van der Waals surface area contributed by atoms with E-state index in [1.54, 1.807) is 20.0 Å². The maximum absolute atomic E-state index is 13.1. The second kappa shape index (κ2) is 8.41. The van der Waals surface area contributed by atoms with Crippen LogP contribution in [0, 0.1) is 0 Å². The lowest BCUT2D eigenvalue weighted by Gasteiger charge is -2.27. The predicted molar refractivity (Wildman–Crippen MR) is 114 cm³/mol. The van der Waals surface area contributed by atoms with E-state index in [-0.39, 0.29) is 22.3 Å². The number of halogens is 3. The van der Waals surface area contributed by atoms with Crippen molar-refractivity contribution in [1.29, 1.82) is 0 Å². The molecule has 2 aromatic rings. The maximum atomic E-state index is 13.1. The van der Waals surface area contributed by atoms with Gasteiger partial charge in [-0.1, -0.05) is 0 Å². The highest BCUT2D eigenvalue weighted by molar-refractivity contribution is 8.00. The summed E-state index contributed by atoms with van der Waals surface area (Å²) in [5.41, 5.74) is -4.26. The van der Waals surface area contributed by atoms with E-state index in [1.165, 1.54) is 29.2 Å². The average Bonchev–Trinajstić information content (AvgIpc) is 2.84. The van der Waals surface area contributed by atoms with Gasteiger partial charge < -0.3 is 9.80 Å². The number of nitrogens with zero attached hydrogens (tertiary/aromatic N) is 4. The Hall–Kier alpha value is -2.75. The fraction of sp³-hybridized carbons (Fsp3) is 0.381. The van der Waals surface area contributed by atoms with Crippen molar-refractivity contribution in [2.45, 2.75) is 36.2 Å². The van der Waals surface area contributed by atoms with Crippen molar-refractivity contribution < 1.29 is 22.8 Å². The van der Waals surface area contributed by atoms with Crippen molar-refractivity contribution >= 4 is 35.2 Å². The molecular formula is C21H23F3N4O2S. The lowest BCUT2D eigenvalue weighted by molar-refractivity contribution is -0.123. The van der Waals surface area contributed by atoms with Gasteiger partial charge in [-0.2, -0.15) is 13.2 Å². The van der Waals surface area contributed by atoms with Gasteiger partial charge in [-0.15, -0.1) is 0 Å². The third kappa shape index (κ3) is 4.95. The molecule has 31 heavy (non-hydrogen) atoms. The summed E-state index contributed by atoms with van der Waals surface area (Å²) >= 11 is -0.245. The Labute approximate surface area is 183 Å². The molecule has 166 valence electrons. The molecule has 0 spiro atoms. The quantitative estimate of drug-likeness (QED) is 0.476. The number of pyridine rings is 1. The molecule has 0 saturated carbocycles. The van der Waals surface area contributed by atoms with Gasteiger partial charge in [-0.3, -0.25) is 4.79 Å². The molecule has 1 fully saturated rings. The Morgan fingerprint density at radius 1 is 1.10 bits per heavy atom. The van der Waals surface area contributed by atoms with Crippen molar-refractivity contribution in [3.63, 3.8) is 0 Å². The highest BCUT2D eigenvalue weighted by Gasteiger charge is 2.51. The lowest BCUT2D eigenvalue weighted by atomic mass is 10.0. The predicted octanol–water partition coefficient (Wildman–Crippen LogP) is 4.55. The second-order valence-electron chi connectivity index (χ2n) is 7.84. The third-order valence-corrected chi connectivity index (χ3v) is 5.78. The van der Waals surface area contributed by atoms with Gasteiger partial charge in [0.25, 0.3) is 5.91 Å². The van der Waals surface area contributed by atoms with Gasteiger partial charge in [-0.05, 0) is 74.0 Å². The van der Waals surface area contributed by atoms with E-state index in [9.17, 15) is 22.8 Å². The third-order valence-electron chi connectivity index (χ3n) is 5.04. The van der Waals surface area contributed by atoms with E-state index < -0.39 is 23.0 Å². The summed E-state index contributed by atoms with van der Waals surface area (Å²) in [4.78, 5) is 34.7. The van der Waals surface area contributed by atoms with Crippen LogP contribution in [0.2, 0.25) is 0 Å². The SMILES string of the molecule is CN(C)c1cc(CCN2C(=O)N(c3ccc(SC(F)(F)F)cc3)C(=O)C2(C)C)ccn1. The van der Waals surface area contributed by atoms with Gasteiger partial charge in [0.2, 0.25) is 0 Å². The van der Waals surface area contributed by atoms with Crippen molar-refractivity contribution in [2.75, 3.05) is 30.4 Å². The van der Waals surface area contributed by atoms with Crippen LogP contribution in [-0.4, -0.2) is 53.5 Å². The first-order valence-electron chi connectivity index (χ1n) is 9.54. The molecule has 1 saturated heterocycles. The number of aromatic nitrogens is 1. The van der Waals surface area contributed by atoms with E-state index in [0.717, 1.165) is 16.3 Å². The first-order chi connectivity index (χ1) is 14.4. The van der Waals surface area contributed by atoms with Gasteiger partial charge in [0.1, 0.15) is 11.4 Å². The van der Waals surface area contributed by atoms with Gasteiger partial charge >= 0.3 is 11.5 Å². The molecule has 3 amide bonds. The first kappa shape index (κ1) is 22.9. The van der Waals surface area contributed by atoms with Gasteiger partial charge in [-0.25, -0.2) is 14.7 Å². The Balaban J connectivity index is 1.78. The molecule has 0 bridgehead atoms. The number of rotatable bonds is 6. The smallest absolute Gasteiger partial charge is 0.363 e. The molecule has 0 aliphatic carbocycles. The summed E-state index contributed by atoms with van der Waals surface area (Å²) in [5.74, 6) is 0.372.